The maximum Gasteiger partial charge on any atom is 0.412 e. The van der Waals surface area contributed by atoms with Crippen LogP contribution in [-0.2, 0) is 0 Å². The number of allylic oxidation sites excluding steroid dienone is 3. The van der Waals surface area contributed by atoms with Crippen LogP contribution in [0, 0.1) is 5.95 Å². The number of halogens is 5. The number of aromatic carboxylic acids is 1. The van der Waals surface area contributed by atoms with Crippen molar-refractivity contribution in [2.24, 2.45) is 4.99 Å². The van der Waals surface area contributed by atoms with Gasteiger partial charge in [0.1, 0.15) is 17.5 Å². The first-order chi connectivity index (χ1) is 16.0. The average molecular weight is 481 g/mol. The molecule has 0 saturated carbocycles. The molecule has 0 unspecified atom stereocenters. The van der Waals surface area contributed by atoms with Crippen molar-refractivity contribution in [3.8, 4) is 0 Å². The SMILES string of the molecule is C=C1C=C(N2CCCCC2)N=C2C([C@H](Nc3ccc(F)nc3C(=O)O)C(F)(F)F)=CC(F)=CN12. The number of hydrogen-bond acceptors (Lipinski definition) is 6. The number of fused-ring (bicyclic) bond motifs is 1. The van der Waals surface area contributed by atoms with Crippen molar-refractivity contribution < 1.29 is 31.9 Å². The van der Waals surface area contributed by atoms with Crippen LogP contribution >= 0.6 is 0 Å². The fourth-order valence-corrected chi connectivity index (χ4v) is 3.97. The van der Waals surface area contributed by atoms with Gasteiger partial charge in [-0.3, -0.25) is 4.90 Å². The minimum Gasteiger partial charge on any atom is -0.476 e. The second-order valence-corrected chi connectivity index (χ2v) is 7.91. The molecule has 4 heterocycles. The van der Waals surface area contributed by atoms with Gasteiger partial charge in [-0.2, -0.15) is 17.6 Å². The molecule has 1 aromatic heterocycles. The Labute approximate surface area is 191 Å². The molecule has 12 heteroatoms. The van der Waals surface area contributed by atoms with Crippen molar-refractivity contribution in [3.05, 3.63) is 71.6 Å². The van der Waals surface area contributed by atoms with Gasteiger partial charge in [0.2, 0.25) is 5.95 Å². The summed E-state index contributed by atoms with van der Waals surface area (Å²) in [4.78, 5) is 22.0. The predicted octanol–water partition coefficient (Wildman–Crippen LogP) is 4.57. The second kappa shape index (κ2) is 8.92. The number of piperidine rings is 1. The zero-order chi connectivity index (χ0) is 24.6. The van der Waals surface area contributed by atoms with E-state index in [0.717, 1.165) is 42.5 Å². The molecule has 0 amide bonds. The zero-order valence-corrected chi connectivity index (χ0v) is 17.7. The fraction of sp³-hybridized carbons (Fsp3) is 0.318. The van der Waals surface area contributed by atoms with E-state index in [4.69, 9.17) is 0 Å². The van der Waals surface area contributed by atoms with E-state index in [2.05, 4.69) is 21.9 Å². The van der Waals surface area contributed by atoms with E-state index >= 15 is 0 Å². The molecule has 1 fully saturated rings. The summed E-state index contributed by atoms with van der Waals surface area (Å²) in [5.41, 5.74) is -1.89. The van der Waals surface area contributed by atoms with Gasteiger partial charge in [-0.25, -0.2) is 19.2 Å². The smallest absolute Gasteiger partial charge is 0.412 e. The summed E-state index contributed by atoms with van der Waals surface area (Å²) in [6.07, 6.45) is 1.06. The summed E-state index contributed by atoms with van der Waals surface area (Å²) >= 11 is 0. The molecule has 1 atom stereocenters. The normalized spacial score (nSPS) is 19.5. The van der Waals surface area contributed by atoms with Crippen LogP contribution in [0.3, 0.4) is 0 Å². The van der Waals surface area contributed by atoms with E-state index < -0.39 is 46.9 Å². The fourth-order valence-electron chi connectivity index (χ4n) is 3.97. The molecule has 0 spiro atoms. The van der Waals surface area contributed by atoms with Crippen molar-refractivity contribution in [2.75, 3.05) is 18.4 Å². The summed E-state index contributed by atoms with van der Waals surface area (Å²) < 4.78 is 70.6. The van der Waals surface area contributed by atoms with Gasteiger partial charge in [-0.15, -0.1) is 0 Å². The lowest BCUT2D eigenvalue weighted by Crippen LogP contribution is -2.46. The average Bonchev–Trinajstić information content (AvgIpc) is 2.78. The van der Waals surface area contributed by atoms with Crippen LogP contribution in [0.15, 0.2) is 65.0 Å². The Balaban J connectivity index is 1.77. The molecule has 180 valence electrons. The molecule has 0 aromatic carbocycles. The second-order valence-electron chi connectivity index (χ2n) is 7.91. The minimum absolute atomic E-state index is 0.198. The lowest BCUT2D eigenvalue weighted by atomic mass is 9.99. The van der Waals surface area contributed by atoms with E-state index in [9.17, 15) is 31.9 Å². The first-order valence-electron chi connectivity index (χ1n) is 10.4. The number of nitrogens with zero attached hydrogens (tertiary/aromatic N) is 4. The van der Waals surface area contributed by atoms with E-state index in [1.807, 2.05) is 4.90 Å². The van der Waals surface area contributed by atoms with Crippen LogP contribution < -0.4 is 5.32 Å². The molecule has 1 aromatic rings. The highest BCUT2D eigenvalue weighted by molar-refractivity contribution is 6.04. The van der Waals surface area contributed by atoms with Crippen LogP contribution in [0.2, 0.25) is 0 Å². The number of likely N-dealkylation sites (tertiary alicyclic amines) is 1. The monoisotopic (exact) mass is 481 g/mol. The van der Waals surface area contributed by atoms with Gasteiger partial charge >= 0.3 is 12.1 Å². The molecular weight excluding hydrogens is 461 g/mol. The summed E-state index contributed by atoms with van der Waals surface area (Å²) in [7, 11) is 0. The number of pyridine rings is 1. The molecule has 0 aliphatic carbocycles. The maximum absolute atomic E-state index is 14.4. The molecule has 3 aliphatic rings. The summed E-state index contributed by atoms with van der Waals surface area (Å²) in [6.45, 7) is 5.18. The Bertz CT molecular complexity index is 1150. The Hall–Kier alpha value is -3.70. The van der Waals surface area contributed by atoms with Crippen LogP contribution in [0.1, 0.15) is 29.8 Å². The number of amidine groups is 1. The quantitative estimate of drug-likeness (QED) is 0.474. The molecule has 34 heavy (non-hydrogen) atoms. The molecule has 1 saturated heterocycles. The number of carboxylic acids is 1. The van der Waals surface area contributed by atoms with Gasteiger partial charge < -0.3 is 15.3 Å². The highest BCUT2D eigenvalue weighted by Crippen LogP contribution is 2.36. The first-order valence-corrected chi connectivity index (χ1v) is 10.4. The highest BCUT2D eigenvalue weighted by Gasteiger charge is 2.46. The minimum atomic E-state index is -5.00. The van der Waals surface area contributed by atoms with Crippen molar-refractivity contribution >= 4 is 17.5 Å². The van der Waals surface area contributed by atoms with Gasteiger partial charge in [0, 0.05) is 36.6 Å². The Morgan fingerprint density at radius 3 is 2.50 bits per heavy atom. The molecule has 0 radical (unpaired) electrons. The van der Waals surface area contributed by atoms with Crippen LogP contribution in [0.5, 0.6) is 0 Å². The first kappa shape index (κ1) is 23.5. The Morgan fingerprint density at radius 2 is 1.85 bits per heavy atom. The van der Waals surface area contributed by atoms with Gasteiger partial charge in [0.15, 0.2) is 11.7 Å². The van der Waals surface area contributed by atoms with E-state index in [0.29, 0.717) is 25.0 Å². The predicted molar refractivity (Wildman–Crippen MR) is 114 cm³/mol. The number of alkyl halides is 3. The Morgan fingerprint density at radius 1 is 1.15 bits per heavy atom. The number of carbonyl (C=O) groups is 1. The standard InChI is InChI=1S/C22H20F5N5O2/c1-12-9-17(31-7-3-2-4-8-31)30-20-14(10-13(23)11-32(12)20)19(22(25,26)27)28-15-5-6-16(24)29-18(15)21(33)34/h5-6,9-11,19,28H,1-4,7-8H2,(H,33,34)/t19-/m0/s1. The number of carboxylic acid groups (broad SMARTS) is 1. The molecule has 4 rings (SSSR count). The third-order valence-corrected chi connectivity index (χ3v) is 5.54. The van der Waals surface area contributed by atoms with Crippen molar-refractivity contribution in [2.45, 2.75) is 31.5 Å². The topological polar surface area (TPSA) is 81.1 Å². The number of nitrogens with one attached hydrogen (secondary N) is 1. The zero-order valence-electron chi connectivity index (χ0n) is 17.7. The van der Waals surface area contributed by atoms with E-state index in [-0.39, 0.29) is 11.5 Å². The van der Waals surface area contributed by atoms with E-state index in [1.54, 1.807) is 6.08 Å². The number of hydrogen-bond donors (Lipinski definition) is 2. The summed E-state index contributed by atoms with van der Waals surface area (Å²) in [6, 6.07) is -1.02. The molecule has 3 aliphatic heterocycles. The number of aliphatic imine (C=N–C) groups is 1. The highest BCUT2D eigenvalue weighted by atomic mass is 19.4. The molecule has 7 nitrogen and oxygen atoms in total. The van der Waals surface area contributed by atoms with Crippen LogP contribution in [0.4, 0.5) is 27.6 Å². The van der Waals surface area contributed by atoms with Crippen molar-refractivity contribution in [3.63, 3.8) is 0 Å². The maximum atomic E-state index is 14.4. The van der Waals surface area contributed by atoms with Crippen LogP contribution in [0.25, 0.3) is 0 Å². The van der Waals surface area contributed by atoms with Gasteiger partial charge in [0.05, 0.1) is 5.69 Å². The van der Waals surface area contributed by atoms with Crippen molar-refractivity contribution in [1.29, 1.82) is 0 Å². The van der Waals surface area contributed by atoms with Gasteiger partial charge in [0.25, 0.3) is 0 Å². The van der Waals surface area contributed by atoms with E-state index in [1.165, 1.54) is 0 Å². The molecular formula is C22H20F5N5O2. The molecule has 2 N–H and O–H groups in total. The van der Waals surface area contributed by atoms with Gasteiger partial charge in [-0.05, 0) is 37.5 Å². The van der Waals surface area contributed by atoms with Crippen LogP contribution in [-0.4, -0.2) is 57.0 Å². The number of rotatable bonds is 5. The number of aromatic nitrogens is 1. The Kier molecular flexibility index (Phi) is 6.15. The van der Waals surface area contributed by atoms with Gasteiger partial charge in [-0.1, -0.05) is 6.58 Å². The molecule has 0 bridgehead atoms. The van der Waals surface area contributed by atoms with Crippen molar-refractivity contribution in [1.82, 2.24) is 14.8 Å². The summed E-state index contributed by atoms with van der Waals surface area (Å²) in [5.74, 6) is -3.67. The lowest BCUT2D eigenvalue weighted by Gasteiger charge is -2.37. The largest absolute Gasteiger partial charge is 0.476 e. The summed E-state index contributed by atoms with van der Waals surface area (Å²) in [5, 5.41) is 11.3. The lowest BCUT2D eigenvalue weighted by molar-refractivity contribution is -0.133. The third-order valence-electron chi connectivity index (χ3n) is 5.54. The third kappa shape index (κ3) is 4.66. The number of anilines is 1.